The summed E-state index contributed by atoms with van der Waals surface area (Å²) in [7, 11) is 2.32. The second kappa shape index (κ2) is 8.39. The van der Waals surface area contributed by atoms with Gasteiger partial charge in [-0.15, -0.1) is 0 Å². The number of nitrogens with zero attached hydrogens (tertiary/aromatic N) is 3. The molecule has 2 aromatic carbocycles. The number of rotatable bonds is 4. The number of aromatic hydroxyl groups is 1. The van der Waals surface area contributed by atoms with Crippen LogP contribution in [-0.2, 0) is 19.1 Å². The Morgan fingerprint density at radius 1 is 1.18 bits per heavy atom. The second-order valence-electron chi connectivity index (χ2n) is 7.13. The van der Waals surface area contributed by atoms with Crippen molar-refractivity contribution in [2.24, 2.45) is 5.73 Å². The van der Waals surface area contributed by atoms with Gasteiger partial charge >= 0.3 is 11.9 Å². The number of esters is 2. The molecule has 1 atom stereocenters. The number of carbonyl (C=O) groups excluding carboxylic acids is 2. The van der Waals surface area contributed by atoms with Crippen LogP contribution in [0.5, 0.6) is 5.75 Å². The van der Waals surface area contributed by atoms with E-state index in [2.05, 4.69) is 16.3 Å². The average Bonchev–Trinajstić information content (AvgIpc) is 3.29. The van der Waals surface area contributed by atoms with Crippen molar-refractivity contribution >= 4 is 28.5 Å². The number of aromatic amines is 1. The molecule has 0 bridgehead atoms. The van der Waals surface area contributed by atoms with Gasteiger partial charge in [0.25, 0.3) is 0 Å². The summed E-state index contributed by atoms with van der Waals surface area (Å²) in [5.74, 6) is -3.15. The van der Waals surface area contributed by atoms with Gasteiger partial charge in [-0.3, -0.25) is 10.00 Å². The Bertz CT molecular complexity index is 1370. The fraction of sp³-hybridized carbons (Fsp3) is 0.130. The number of hydrogen-bond donors (Lipinski definition) is 3. The van der Waals surface area contributed by atoms with Crippen LogP contribution in [0.4, 0.5) is 5.69 Å². The quantitative estimate of drug-likeness (QED) is 0.512. The summed E-state index contributed by atoms with van der Waals surface area (Å²) in [6.07, 6.45) is 1.51. The summed E-state index contributed by atoms with van der Waals surface area (Å²) in [6.45, 7) is 0. The molecule has 0 spiro atoms. The lowest BCUT2D eigenvalue weighted by Crippen LogP contribution is -2.40. The van der Waals surface area contributed by atoms with E-state index >= 15 is 0 Å². The number of H-pyrrole nitrogens is 1. The third-order valence-corrected chi connectivity index (χ3v) is 5.39. The lowest BCUT2D eigenvalue weighted by atomic mass is 9.81. The number of nitrogens with two attached hydrogens (primary N) is 1. The minimum Gasteiger partial charge on any atom is -0.506 e. The molecule has 0 amide bonds. The molecule has 0 aliphatic carbocycles. The zero-order valence-electron chi connectivity index (χ0n) is 17.7. The van der Waals surface area contributed by atoms with Crippen molar-refractivity contribution in [2.45, 2.75) is 5.92 Å². The van der Waals surface area contributed by atoms with E-state index in [1.165, 1.54) is 25.4 Å². The molecule has 0 saturated heterocycles. The van der Waals surface area contributed by atoms with Crippen molar-refractivity contribution in [1.82, 2.24) is 10.2 Å². The Hall–Kier alpha value is -4.78. The fourth-order valence-electron chi connectivity index (χ4n) is 3.91. The number of anilines is 1. The zero-order valence-corrected chi connectivity index (χ0v) is 17.7. The number of allylic oxidation sites excluding steroid dienone is 1. The molecular formula is C23H19N5O5. The summed E-state index contributed by atoms with van der Waals surface area (Å²) >= 11 is 0. The number of nitrogens with one attached hydrogen (secondary N) is 1. The Labute approximate surface area is 188 Å². The van der Waals surface area contributed by atoms with Gasteiger partial charge in [-0.05, 0) is 17.7 Å². The molecule has 33 heavy (non-hydrogen) atoms. The number of benzene rings is 2. The first kappa shape index (κ1) is 21.5. The van der Waals surface area contributed by atoms with Gasteiger partial charge in [-0.2, -0.15) is 10.4 Å². The Kier molecular flexibility index (Phi) is 5.46. The number of methoxy groups -OCH3 is 2. The zero-order chi connectivity index (χ0) is 23.7. The van der Waals surface area contributed by atoms with Crippen LogP contribution in [0, 0.1) is 11.3 Å². The molecule has 1 aromatic heterocycles. The highest BCUT2D eigenvalue weighted by Crippen LogP contribution is 2.45. The van der Waals surface area contributed by atoms with Gasteiger partial charge in [-0.1, -0.05) is 30.3 Å². The highest BCUT2D eigenvalue weighted by molar-refractivity contribution is 6.07. The molecule has 0 saturated carbocycles. The molecule has 10 heteroatoms. The number of aromatic nitrogens is 2. The van der Waals surface area contributed by atoms with Gasteiger partial charge in [0.2, 0.25) is 0 Å². The maximum atomic E-state index is 13.0. The predicted molar refractivity (Wildman–Crippen MR) is 117 cm³/mol. The van der Waals surface area contributed by atoms with Crippen LogP contribution in [0.2, 0.25) is 0 Å². The number of hydrogen-bond acceptors (Lipinski definition) is 9. The Morgan fingerprint density at radius 2 is 1.88 bits per heavy atom. The van der Waals surface area contributed by atoms with E-state index in [4.69, 9.17) is 15.2 Å². The van der Waals surface area contributed by atoms with Crippen LogP contribution in [0.25, 0.3) is 10.9 Å². The maximum absolute atomic E-state index is 13.0. The molecule has 3 aromatic rings. The number of phenolic OH excluding ortho intramolecular Hbond substituents is 1. The first-order valence-corrected chi connectivity index (χ1v) is 9.74. The number of phenols is 1. The fourth-order valence-corrected chi connectivity index (χ4v) is 3.91. The van der Waals surface area contributed by atoms with Crippen LogP contribution in [0.3, 0.4) is 0 Å². The first-order chi connectivity index (χ1) is 15.9. The maximum Gasteiger partial charge on any atom is 0.355 e. The van der Waals surface area contributed by atoms with Crippen LogP contribution in [0.15, 0.2) is 71.3 Å². The van der Waals surface area contributed by atoms with E-state index in [0.29, 0.717) is 16.5 Å². The number of ether oxygens (including phenoxy) is 2. The predicted octanol–water partition coefficient (Wildman–Crippen LogP) is 2.17. The number of carbonyl (C=O) groups is 2. The molecule has 0 radical (unpaired) electrons. The standard InChI is InChI=1S/C23H19N5O5/c1-32-22(30)19-18(12-6-4-3-5-7-12)14(10-24)21(25)28(20(19)23(31)33-2)16-9-15-13(8-17(16)29)11-26-27-15/h3-9,11,18,29H,25H2,1-2H3,(H,26,27). The van der Waals surface area contributed by atoms with Gasteiger partial charge in [0.05, 0.1) is 54.8 Å². The smallest absolute Gasteiger partial charge is 0.355 e. The first-order valence-electron chi connectivity index (χ1n) is 9.74. The molecular weight excluding hydrogens is 426 g/mol. The van der Waals surface area contributed by atoms with Crippen LogP contribution in [-0.4, -0.2) is 41.5 Å². The lowest BCUT2D eigenvalue weighted by molar-refractivity contribution is -0.139. The average molecular weight is 445 g/mol. The lowest BCUT2D eigenvalue weighted by Gasteiger charge is -2.36. The molecule has 1 aliphatic rings. The SMILES string of the molecule is COC(=O)C1=C(C(=O)OC)N(c2cc3[nH]ncc3cc2O)C(N)=C(C#N)C1c1ccccc1. The molecule has 2 heterocycles. The normalized spacial score (nSPS) is 16.0. The van der Waals surface area contributed by atoms with Gasteiger partial charge in [-0.25, -0.2) is 9.59 Å². The molecule has 166 valence electrons. The van der Waals surface area contributed by atoms with E-state index in [0.717, 1.165) is 12.0 Å². The Balaban J connectivity index is 2.10. The van der Waals surface area contributed by atoms with E-state index in [-0.39, 0.29) is 34.1 Å². The molecule has 4 N–H and O–H groups in total. The number of nitriles is 1. The second-order valence-corrected chi connectivity index (χ2v) is 7.13. The van der Waals surface area contributed by atoms with Crippen molar-refractivity contribution in [3.63, 3.8) is 0 Å². The highest BCUT2D eigenvalue weighted by Gasteiger charge is 2.43. The highest BCUT2D eigenvalue weighted by atomic mass is 16.5. The van der Waals surface area contributed by atoms with E-state index in [1.807, 2.05) is 0 Å². The van der Waals surface area contributed by atoms with Crippen molar-refractivity contribution in [3.05, 3.63) is 76.9 Å². The van der Waals surface area contributed by atoms with E-state index in [1.54, 1.807) is 30.3 Å². The van der Waals surface area contributed by atoms with E-state index < -0.39 is 17.9 Å². The summed E-state index contributed by atoms with van der Waals surface area (Å²) in [4.78, 5) is 27.2. The van der Waals surface area contributed by atoms with Gasteiger partial charge in [0, 0.05) is 5.39 Å². The third-order valence-electron chi connectivity index (χ3n) is 5.39. The van der Waals surface area contributed by atoms with Crippen molar-refractivity contribution in [3.8, 4) is 11.8 Å². The molecule has 10 nitrogen and oxygen atoms in total. The van der Waals surface area contributed by atoms with Crippen molar-refractivity contribution in [1.29, 1.82) is 5.26 Å². The molecule has 1 unspecified atom stereocenters. The Morgan fingerprint density at radius 3 is 2.52 bits per heavy atom. The number of fused-ring (bicyclic) bond motifs is 1. The van der Waals surface area contributed by atoms with Crippen LogP contribution >= 0.6 is 0 Å². The van der Waals surface area contributed by atoms with Gasteiger partial charge < -0.3 is 20.3 Å². The molecule has 1 aliphatic heterocycles. The summed E-state index contributed by atoms with van der Waals surface area (Å²) in [5.41, 5.74) is 7.12. The van der Waals surface area contributed by atoms with Crippen LogP contribution < -0.4 is 10.6 Å². The van der Waals surface area contributed by atoms with E-state index in [9.17, 15) is 20.0 Å². The van der Waals surface area contributed by atoms with Crippen LogP contribution in [0.1, 0.15) is 11.5 Å². The van der Waals surface area contributed by atoms with Crippen molar-refractivity contribution in [2.75, 3.05) is 19.1 Å². The summed E-state index contributed by atoms with van der Waals surface area (Å²) in [5, 5.41) is 28.1. The molecule has 4 rings (SSSR count). The minimum atomic E-state index is -0.993. The summed E-state index contributed by atoms with van der Waals surface area (Å²) < 4.78 is 9.95. The topological polar surface area (TPSA) is 155 Å². The van der Waals surface area contributed by atoms with Crippen molar-refractivity contribution < 1.29 is 24.2 Å². The minimum absolute atomic E-state index is 0.00152. The largest absolute Gasteiger partial charge is 0.506 e. The summed E-state index contributed by atoms with van der Waals surface area (Å²) in [6, 6.07) is 13.6. The molecule has 0 fully saturated rings. The third kappa shape index (κ3) is 3.41. The monoisotopic (exact) mass is 445 g/mol. The van der Waals surface area contributed by atoms with Gasteiger partial charge in [0.15, 0.2) is 0 Å². The van der Waals surface area contributed by atoms with Gasteiger partial charge in [0.1, 0.15) is 17.3 Å².